The first-order valence-electron chi connectivity index (χ1n) is 6.83. The van der Waals surface area contributed by atoms with Crippen molar-refractivity contribution in [2.24, 2.45) is 5.41 Å². The van der Waals surface area contributed by atoms with Crippen molar-refractivity contribution in [1.29, 1.82) is 0 Å². The summed E-state index contributed by atoms with van der Waals surface area (Å²) in [7, 11) is 0. The Morgan fingerprint density at radius 1 is 1.14 bits per heavy atom. The third kappa shape index (κ3) is 4.36. The summed E-state index contributed by atoms with van der Waals surface area (Å²) in [6, 6.07) is 9.60. The second-order valence-electron chi connectivity index (χ2n) is 5.76. The van der Waals surface area contributed by atoms with Crippen molar-refractivity contribution in [2.45, 2.75) is 20.8 Å². The smallest absolute Gasteiger partial charge is 0.245 e. The molecule has 2 amide bonds. The Morgan fingerprint density at radius 2 is 1.82 bits per heavy atom. The van der Waals surface area contributed by atoms with Gasteiger partial charge in [0.1, 0.15) is 5.01 Å². The van der Waals surface area contributed by atoms with Crippen molar-refractivity contribution < 1.29 is 9.59 Å². The second-order valence-corrected chi connectivity index (χ2v) is 6.74. The van der Waals surface area contributed by atoms with Gasteiger partial charge in [-0.25, -0.2) is 0 Å². The number of aromatic nitrogens is 2. The summed E-state index contributed by atoms with van der Waals surface area (Å²) in [5.74, 6) is -0.502. The van der Waals surface area contributed by atoms with E-state index in [9.17, 15) is 9.59 Å². The molecule has 1 aromatic carbocycles. The molecule has 7 heteroatoms. The van der Waals surface area contributed by atoms with Crippen LogP contribution in [0.2, 0.25) is 0 Å². The summed E-state index contributed by atoms with van der Waals surface area (Å²) >= 11 is 1.29. The quantitative estimate of drug-likeness (QED) is 0.906. The number of benzene rings is 1. The molecule has 1 heterocycles. The van der Waals surface area contributed by atoms with Crippen LogP contribution < -0.4 is 10.6 Å². The van der Waals surface area contributed by atoms with Crippen LogP contribution in [0.1, 0.15) is 20.8 Å². The lowest BCUT2D eigenvalue weighted by atomic mass is 9.96. The number of anilines is 1. The normalized spacial score (nSPS) is 11.0. The Morgan fingerprint density at radius 3 is 2.45 bits per heavy atom. The number of nitrogens with zero attached hydrogens (tertiary/aromatic N) is 2. The minimum Gasteiger partial charge on any atom is -0.347 e. The predicted molar refractivity (Wildman–Crippen MR) is 86.4 cm³/mol. The van der Waals surface area contributed by atoms with Crippen LogP contribution in [0.4, 0.5) is 5.13 Å². The van der Waals surface area contributed by atoms with Crippen molar-refractivity contribution in [3.8, 4) is 10.6 Å². The first kappa shape index (κ1) is 16.1. The van der Waals surface area contributed by atoms with E-state index in [4.69, 9.17) is 0 Å². The van der Waals surface area contributed by atoms with Crippen LogP contribution in [-0.2, 0) is 9.59 Å². The molecule has 2 N–H and O–H groups in total. The van der Waals surface area contributed by atoms with Crippen LogP contribution in [0, 0.1) is 5.41 Å². The molecule has 0 saturated carbocycles. The molecule has 116 valence electrons. The monoisotopic (exact) mass is 318 g/mol. The highest BCUT2D eigenvalue weighted by atomic mass is 32.1. The zero-order valence-electron chi connectivity index (χ0n) is 12.7. The van der Waals surface area contributed by atoms with Crippen LogP contribution in [0.25, 0.3) is 10.6 Å². The van der Waals surface area contributed by atoms with E-state index in [1.165, 1.54) is 11.3 Å². The van der Waals surface area contributed by atoms with Crippen molar-refractivity contribution in [3.05, 3.63) is 30.3 Å². The Kier molecular flexibility index (Phi) is 4.87. The number of carbonyl (C=O) groups excluding carboxylic acids is 2. The molecule has 0 radical (unpaired) electrons. The maximum atomic E-state index is 11.8. The average Bonchev–Trinajstić information content (AvgIpc) is 2.93. The van der Waals surface area contributed by atoms with E-state index >= 15 is 0 Å². The SMILES string of the molecule is CC(C)(C)C(=O)NCC(=O)Nc1nnc(-c2ccccc2)s1. The molecule has 0 spiro atoms. The summed E-state index contributed by atoms with van der Waals surface area (Å²) in [4.78, 5) is 23.5. The second kappa shape index (κ2) is 6.65. The molecule has 6 nitrogen and oxygen atoms in total. The molecule has 0 aliphatic heterocycles. The maximum Gasteiger partial charge on any atom is 0.245 e. The first-order chi connectivity index (χ1) is 10.4. The Hall–Kier alpha value is -2.28. The highest BCUT2D eigenvalue weighted by molar-refractivity contribution is 7.18. The zero-order valence-corrected chi connectivity index (χ0v) is 13.5. The lowest BCUT2D eigenvalue weighted by Gasteiger charge is -2.16. The summed E-state index contributed by atoms with van der Waals surface area (Å²) in [5.41, 5.74) is 0.422. The number of nitrogens with one attached hydrogen (secondary N) is 2. The molecule has 0 bridgehead atoms. The van der Waals surface area contributed by atoms with E-state index in [0.717, 1.165) is 10.6 Å². The lowest BCUT2D eigenvalue weighted by Crippen LogP contribution is -2.39. The largest absolute Gasteiger partial charge is 0.347 e. The molecule has 0 aliphatic rings. The zero-order chi connectivity index (χ0) is 16.2. The molecular weight excluding hydrogens is 300 g/mol. The number of amides is 2. The van der Waals surface area contributed by atoms with E-state index in [0.29, 0.717) is 5.13 Å². The molecule has 0 unspecified atom stereocenters. The maximum absolute atomic E-state index is 11.8. The number of carbonyl (C=O) groups is 2. The Bertz CT molecular complexity index is 662. The fourth-order valence-electron chi connectivity index (χ4n) is 1.56. The van der Waals surface area contributed by atoms with Crippen molar-refractivity contribution >= 4 is 28.3 Å². The molecule has 0 atom stereocenters. The van der Waals surface area contributed by atoms with Gasteiger partial charge in [-0.1, -0.05) is 62.4 Å². The van der Waals surface area contributed by atoms with Gasteiger partial charge in [0.05, 0.1) is 6.54 Å². The Balaban J connectivity index is 1.91. The third-order valence-electron chi connectivity index (χ3n) is 2.78. The standard InChI is InChI=1S/C15H18N4O2S/c1-15(2,3)13(21)16-9-11(20)17-14-19-18-12(22-14)10-7-5-4-6-8-10/h4-8H,9H2,1-3H3,(H,16,21)(H,17,19,20). The van der Waals surface area contributed by atoms with Gasteiger partial charge in [0.25, 0.3) is 0 Å². The molecule has 1 aromatic heterocycles. The minimum atomic E-state index is -0.524. The average molecular weight is 318 g/mol. The van der Waals surface area contributed by atoms with E-state index in [1.807, 2.05) is 30.3 Å². The van der Waals surface area contributed by atoms with Gasteiger partial charge in [-0.3, -0.25) is 14.9 Å². The molecule has 22 heavy (non-hydrogen) atoms. The lowest BCUT2D eigenvalue weighted by molar-refractivity contribution is -0.130. The first-order valence-corrected chi connectivity index (χ1v) is 7.65. The molecule has 0 saturated heterocycles. The third-order valence-corrected chi connectivity index (χ3v) is 3.67. The van der Waals surface area contributed by atoms with Crippen LogP contribution in [-0.4, -0.2) is 28.6 Å². The number of hydrogen-bond acceptors (Lipinski definition) is 5. The summed E-state index contributed by atoms with van der Waals surface area (Å²) in [5, 5.41) is 14.3. The van der Waals surface area contributed by atoms with Crippen LogP contribution >= 0.6 is 11.3 Å². The highest BCUT2D eigenvalue weighted by Gasteiger charge is 2.21. The van der Waals surface area contributed by atoms with Crippen molar-refractivity contribution in [2.75, 3.05) is 11.9 Å². The van der Waals surface area contributed by atoms with Gasteiger partial charge >= 0.3 is 0 Å². The van der Waals surface area contributed by atoms with E-state index < -0.39 is 5.41 Å². The van der Waals surface area contributed by atoms with Crippen LogP contribution in [0.15, 0.2) is 30.3 Å². The molecule has 2 rings (SSSR count). The van der Waals surface area contributed by atoms with Crippen LogP contribution in [0.3, 0.4) is 0 Å². The van der Waals surface area contributed by atoms with Crippen molar-refractivity contribution in [1.82, 2.24) is 15.5 Å². The number of rotatable bonds is 4. The molecule has 0 aliphatic carbocycles. The Labute approximate surface area is 133 Å². The number of hydrogen-bond donors (Lipinski definition) is 2. The summed E-state index contributed by atoms with van der Waals surface area (Å²) in [6.07, 6.45) is 0. The van der Waals surface area contributed by atoms with Gasteiger partial charge < -0.3 is 5.32 Å². The topological polar surface area (TPSA) is 84.0 Å². The van der Waals surface area contributed by atoms with Crippen LogP contribution in [0.5, 0.6) is 0 Å². The fraction of sp³-hybridized carbons (Fsp3) is 0.333. The van der Waals surface area contributed by atoms with Gasteiger partial charge in [-0.2, -0.15) is 0 Å². The van der Waals surface area contributed by atoms with E-state index in [-0.39, 0.29) is 18.4 Å². The summed E-state index contributed by atoms with van der Waals surface area (Å²) in [6.45, 7) is 5.28. The van der Waals surface area contributed by atoms with Gasteiger partial charge in [0, 0.05) is 11.0 Å². The van der Waals surface area contributed by atoms with Gasteiger partial charge in [0.15, 0.2) is 0 Å². The van der Waals surface area contributed by atoms with Gasteiger partial charge in [-0.05, 0) is 0 Å². The fourth-order valence-corrected chi connectivity index (χ4v) is 2.33. The van der Waals surface area contributed by atoms with Crippen molar-refractivity contribution in [3.63, 3.8) is 0 Å². The minimum absolute atomic E-state index is 0.0870. The van der Waals surface area contributed by atoms with E-state index in [2.05, 4.69) is 20.8 Å². The molecular formula is C15H18N4O2S. The molecule has 0 fully saturated rings. The van der Waals surface area contributed by atoms with E-state index in [1.54, 1.807) is 20.8 Å². The predicted octanol–water partition coefficient (Wildman–Crippen LogP) is 2.31. The highest BCUT2D eigenvalue weighted by Crippen LogP contribution is 2.25. The summed E-state index contributed by atoms with van der Waals surface area (Å²) < 4.78 is 0. The van der Waals surface area contributed by atoms with Gasteiger partial charge in [0.2, 0.25) is 16.9 Å². The molecule has 2 aromatic rings. The van der Waals surface area contributed by atoms with Gasteiger partial charge in [-0.15, -0.1) is 10.2 Å².